The average molecular weight is 409 g/mol. The number of ketones is 1. The number of allylic oxidation sites excluding steroid dienone is 2. The highest BCUT2D eigenvalue weighted by Crippen LogP contribution is 2.18. The van der Waals surface area contributed by atoms with Crippen LogP contribution >= 0.6 is 0 Å². The third kappa shape index (κ3) is 9.69. The molecule has 1 N–H and O–H groups in total. The quantitative estimate of drug-likeness (QED) is 0.239. The van der Waals surface area contributed by atoms with Crippen molar-refractivity contribution < 1.29 is 14.7 Å². The van der Waals surface area contributed by atoms with Gasteiger partial charge in [-0.05, 0) is 37.8 Å². The number of carbonyl (C=O) groups excluding carboxylic acids is 1. The molecule has 1 atom stereocenters. The fraction of sp³-hybridized carbons (Fsp3) is 0.407. The number of hydrogen-bond acceptors (Lipinski definition) is 2. The lowest BCUT2D eigenvalue weighted by Crippen LogP contribution is -2.09. The summed E-state index contributed by atoms with van der Waals surface area (Å²) >= 11 is 0. The molecule has 0 bridgehead atoms. The number of benzene rings is 2. The Hall–Kier alpha value is -2.68. The second-order valence-electron chi connectivity index (χ2n) is 7.49. The van der Waals surface area contributed by atoms with Gasteiger partial charge in [0.25, 0.3) is 0 Å². The molecule has 0 aliphatic carbocycles. The molecule has 3 nitrogen and oxygen atoms in total. The van der Waals surface area contributed by atoms with E-state index in [1.807, 2.05) is 6.07 Å². The van der Waals surface area contributed by atoms with Gasteiger partial charge in [0.1, 0.15) is 0 Å². The number of aliphatic carboxylic acids is 1. The van der Waals surface area contributed by atoms with Crippen LogP contribution in [-0.4, -0.2) is 16.9 Å². The molecule has 2 aromatic carbocycles. The number of carbonyl (C=O) groups is 2. The number of hydrogen-bond donors (Lipinski definition) is 1. The first kappa shape index (κ1) is 25.4. The first-order chi connectivity index (χ1) is 14.5. The van der Waals surface area contributed by atoms with Crippen molar-refractivity contribution in [2.75, 3.05) is 0 Å². The predicted molar refractivity (Wildman–Crippen MR) is 125 cm³/mol. The molecule has 0 saturated heterocycles. The van der Waals surface area contributed by atoms with Gasteiger partial charge in [-0.25, -0.2) is 0 Å². The van der Waals surface area contributed by atoms with Crippen LogP contribution in [0.15, 0.2) is 66.7 Å². The second-order valence-corrected chi connectivity index (χ2v) is 7.49. The van der Waals surface area contributed by atoms with Crippen LogP contribution in [0.3, 0.4) is 0 Å². The second kappa shape index (κ2) is 15.2. The Labute approximate surface area is 181 Å². The maximum absolute atomic E-state index is 12.2. The molecule has 3 heteroatoms. The summed E-state index contributed by atoms with van der Waals surface area (Å²) in [7, 11) is 0. The molecule has 0 radical (unpaired) electrons. The lowest BCUT2D eigenvalue weighted by Gasteiger charge is -2.08. The highest BCUT2D eigenvalue weighted by molar-refractivity contribution is 6.09. The summed E-state index contributed by atoms with van der Waals surface area (Å²) in [6, 6.07) is 15.7. The van der Waals surface area contributed by atoms with Gasteiger partial charge in [-0.3, -0.25) is 9.59 Å². The molecular weight excluding hydrogens is 372 g/mol. The molecule has 0 spiro atoms. The number of carboxylic acids is 1. The third-order valence-electron chi connectivity index (χ3n) is 4.90. The van der Waals surface area contributed by atoms with E-state index in [0.717, 1.165) is 0 Å². The highest BCUT2D eigenvalue weighted by atomic mass is 16.4. The minimum Gasteiger partial charge on any atom is -0.481 e. The van der Waals surface area contributed by atoms with Gasteiger partial charge in [-0.2, -0.15) is 0 Å². The maximum atomic E-state index is 12.2. The van der Waals surface area contributed by atoms with Crippen LogP contribution in [-0.2, 0) is 4.79 Å². The number of unbranched alkanes of at least 4 members (excludes halogenated alkanes) is 5. The van der Waals surface area contributed by atoms with E-state index in [0.29, 0.717) is 16.7 Å². The molecule has 0 amide bonds. The zero-order chi connectivity index (χ0) is 22.2. The molecule has 2 aromatic rings. The molecule has 0 aromatic heterocycles. The minimum absolute atomic E-state index is 0.0972. The number of rotatable bonds is 11. The third-order valence-corrected chi connectivity index (χ3v) is 4.90. The molecular formula is C27H36O3. The van der Waals surface area contributed by atoms with E-state index in [-0.39, 0.29) is 5.78 Å². The maximum Gasteiger partial charge on any atom is 0.310 e. The molecule has 0 saturated carbocycles. The zero-order valence-corrected chi connectivity index (χ0v) is 18.6. The summed E-state index contributed by atoms with van der Waals surface area (Å²) in [5, 5.41) is 9.00. The van der Waals surface area contributed by atoms with Crippen LogP contribution in [0.5, 0.6) is 0 Å². The van der Waals surface area contributed by atoms with Gasteiger partial charge in [-0.15, -0.1) is 0 Å². The lowest BCUT2D eigenvalue weighted by atomic mass is 9.96. The van der Waals surface area contributed by atoms with Crippen LogP contribution < -0.4 is 0 Å². The van der Waals surface area contributed by atoms with E-state index in [2.05, 4.69) is 26.0 Å². The summed E-state index contributed by atoms with van der Waals surface area (Å²) in [5.41, 5.74) is 1.74. The summed E-state index contributed by atoms with van der Waals surface area (Å²) in [6.07, 6.45) is 14.0. The predicted octanol–water partition coefficient (Wildman–Crippen LogP) is 7.42. The van der Waals surface area contributed by atoms with E-state index in [4.69, 9.17) is 5.11 Å². The molecule has 2 rings (SSSR count). The molecule has 1 unspecified atom stereocenters. The average Bonchev–Trinajstić information content (AvgIpc) is 2.78. The Morgan fingerprint density at radius 3 is 2.13 bits per heavy atom. The molecule has 0 aliphatic rings. The van der Waals surface area contributed by atoms with Crippen molar-refractivity contribution in [3.05, 3.63) is 83.4 Å². The largest absolute Gasteiger partial charge is 0.481 e. The molecule has 0 fully saturated rings. The van der Waals surface area contributed by atoms with Crippen molar-refractivity contribution in [2.24, 2.45) is 0 Å². The van der Waals surface area contributed by atoms with Gasteiger partial charge < -0.3 is 5.11 Å². The van der Waals surface area contributed by atoms with Crippen molar-refractivity contribution in [2.45, 2.75) is 71.6 Å². The molecule has 0 aliphatic heterocycles. The summed E-state index contributed by atoms with van der Waals surface area (Å²) in [5.74, 6) is -1.62. The monoisotopic (exact) mass is 408 g/mol. The zero-order valence-electron chi connectivity index (χ0n) is 18.6. The van der Waals surface area contributed by atoms with Gasteiger partial charge in [0.15, 0.2) is 5.78 Å². The van der Waals surface area contributed by atoms with Crippen LogP contribution in [0, 0.1) is 0 Å². The van der Waals surface area contributed by atoms with E-state index < -0.39 is 11.9 Å². The van der Waals surface area contributed by atoms with Crippen LogP contribution in [0.25, 0.3) is 0 Å². The van der Waals surface area contributed by atoms with Gasteiger partial charge >= 0.3 is 5.97 Å². The first-order valence-electron chi connectivity index (χ1n) is 11.1. The van der Waals surface area contributed by atoms with E-state index >= 15 is 0 Å². The molecule has 162 valence electrons. The van der Waals surface area contributed by atoms with Crippen molar-refractivity contribution in [1.29, 1.82) is 0 Å². The fourth-order valence-electron chi connectivity index (χ4n) is 2.94. The summed E-state index contributed by atoms with van der Waals surface area (Å²) in [6.45, 7) is 6.09. The normalized spacial score (nSPS) is 11.6. The van der Waals surface area contributed by atoms with Crippen LogP contribution in [0.1, 0.15) is 93.1 Å². The van der Waals surface area contributed by atoms with Gasteiger partial charge in [-0.1, -0.05) is 100 Å². The molecule has 30 heavy (non-hydrogen) atoms. The van der Waals surface area contributed by atoms with Crippen molar-refractivity contribution in [3.63, 3.8) is 0 Å². The Morgan fingerprint density at radius 2 is 1.50 bits per heavy atom. The summed E-state index contributed by atoms with van der Waals surface area (Å²) < 4.78 is 0. The van der Waals surface area contributed by atoms with Gasteiger partial charge in [0.05, 0.1) is 5.92 Å². The topological polar surface area (TPSA) is 54.4 Å². The standard InChI is InChI=1S/C16H14O3.C11H22/c1-11(16(18)19)13-8-5-9-14(10-13)15(17)12-6-3-2-4-7-12;1-3-5-7-9-11-10-8-6-4-2/h2-11H,1H3,(H,18,19);7,9H,3-6,8,10-11H2,1-2H3. The van der Waals surface area contributed by atoms with Gasteiger partial charge in [0, 0.05) is 11.1 Å². The van der Waals surface area contributed by atoms with E-state index in [1.54, 1.807) is 55.5 Å². The Balaban J connectivity index is 0.000000352. The van der Waals surface area contributed by atoms with Crippen LogP contribution in [0.2, 0.25) is 0 Å². The Morgan fingerprint density at radius 1 is 0.833 bits per heavy atom. The minimum atomic E-state index is -0.899. The highest BCUT2D eigenvalue weighted by Gasteiger charge is 2.16. The Kier molecular flexibility index (Phi) is 12.8. The van der Waals surface area contributed by atoms with E-state index in [9.17, 15) is 9.59 Å². The van der Waals surface area contributed by atoms with Crippen LogP contribution in [0.4, 0.5) is 0 Å². The van der Waals surface area contributed by atoms with Crippen molar-refractivity contribution in [3.8, 4) is 0 Å². The fourth-order valence-corrected chi connectivity index (χ4v) is 2.94. The number of carboxylic acid groups (broad SMARTS) is 1. The Bertz CT molecular complexity index is 778. The van der Waals surface area contributed by atoms with Gasteiger partial charge in [0.2, 0.25) is 0 Å². The van der Waals surface area contributed by atoms with Crippen molar-refractivity contribution in [1.82, 2.24) is 0 Å². The van der Waals surface area contributed by atoms with Crippen molar-refractivity contribution >= 4 is 11.8 Å². The smallest absolute Gasteiger partial charge is 0.310 e. The molecule has 0 heterocycles. The van der Waals surface area contributed by atoms with E-state index in [1.165, 1.54) is 44.9 Å². The summed E-state index contributed by atoms with van der Waals surface area (Å²) in [4.78, 5) is 23.2. The SMILES string of the molecule is CC(C(=O)O)c1cccc(C(=O)c2ccccc2)c1.CCCC=CCCCCCC. The first-order valence-corrected chi connectivity index (χ1v) is 11.1. The lowest BCUT2D eigenvalue weighted by molar-refractivity contribution is -0.138.